The number of fused-ring (bicyclic) bond motifs is 2. The number of aromatic nitrogens is 3. The van der Waals surface area contributed by atoms with Crippen LogP contribution in [0.3, 0.4) is 0 Å². The third-order valence-corrected chi connectivity index (χ3v) is 5.16. The minimum Gasteiger partial charge on any atom is -0.393 e. The lowest BCUT2D eigenvalue weighted by Crippen LogP contribution is -2.31. The van der Waals surface area contributed by atoms with E-state index in [4.69, 9.17) is 9.47 Å². The van der Waals surface area contributed by atoms with Crippen molar-refractivity contribution in [3.05, 3.63) is 24.3 Å². The Kier molecular flexibility index (Phi) is 3.27. The quantitative estimate of drug-likeness (QED) is 0.919. The Morgan fingerprint density at radius 2 is 2.04 bits per heavy atom. The van der Waals surface area contributed by atoms with Gasteiger partial charge in [-0.2, -0.15) is 0 Å². The highest BCUT2D eigenvalue weighted by molar-refractivity contribution is 5.78. The van der Waals surface area contributed by atoms with E-state index in [2.05, 4.69) is 20.6 Å². The first-order chi connectivity index (χ1) is 10.9. The normalized spacial score (nSPS) is 34.0. The molecule has 124 valence electrons. The van der Waals surface area contributed by atoms with Crippen molar-refractivity contribution in [1.82, 2.24) is 14.5 Å². The molecule has 5 atom stereocenters. The minimum atomic E-state index is -0.616. The van der Waals surface area contributed by atoms with E-state index in [0.29, 0.717) is 0 Å². The van der Waals surface area contributed by atoms with Crippen LogP contribution in [-0.4, -0.2) is 43.7 Å². The van der Waals surface area contributed by atoms with Gasteiger partial charge in [0.05, 0.1) is 23.9 Å². The van der Waals surface area contributed by atoms with Crippen LogP contribution in [0.15, 0.2) is 18.6 Å². The highest BCUT2D eigenvalue weighted by Gasteiger charge is 2.55. The summed E-state index contributed by atoms with van der Waals surface area (Å²) in [5.74, 6) is -0.554. The molecule has 1 saturated carbocycles. The van der Waals surface area contributed by atoms with Crippen molar-refractivity contribution in [2.75, 3.05) is 0 Å². The van der Waals surface area contributed by atoms with E-state index in [-0.39, 0.29) is 24.2 Å². The first kappa shape index (κ1) is 15.1. The number of nitrogens with zero attached hydrogens (tertiary/aromatic N) is 3. The van der Waals surface area contributed by atoms with Crippen LogP contribution >= 0.6 is 0 Å². The summed E-state index contributed by atoms with van der Waals surface area (Å²) in [5, 5.41) is 11.2. The molecule has 4 rings (SSSR count). The van der Waals surface area contributed by atoms with Crippen LogP contribution in [0.4, 0.5) is 0 Å². The predicted molar refractivity (Wildman–Crippen MR) is 84.9 cm³/mol. The Labute approximate surface area is 135 Å². The van der Waals surface area contributed by atoms with Crippen LogP contribution in [0.1, 0.15) is 38.9 Å². The highest BCUT2D eigenvalue weighted by Crippen LogP contribution is 2.48. The van der Waals surface area contributed by atoms with Crippen molar-refractivity contribution in [2.24, 2.45) is 5.92 Å². The maximum Gasteiger partial charge on any atom is 0.163 e. The van der Waals surface area contributed by atoms with Crippen molar-refractivity contribution < 1.29 is 14.6 Å². The zero-order valence-electron chi connectivity index (χ0n) is 13.9. The number of aliphatic hydroxyl groups excluding tert-OH is 1. The standard InChI is InChI=1S/C17H23N3O3/c1-9-11-5-6-20(16(11)19-8-18-9)13-7-12(10(2)21)14-15(13)23-17(3,4)22-14/h5-6,8,10,12-15,21H,7H2,1-4H3/t10-,12-,13-,14-,15+/m1/s1. The van der Waals surface area contributed by atoms with Gasteiger partial charge in [0.1, 0.15) is 18.1 Å². The van der Waals surface area contributed by atoms with Gasteiger partial charge >= 0.3 is 0 Å². The molecule has 1 aliphatic carbocycles. The second-order valence-corrected chi connectivity index (χ2v) is 7.19. The smallest absolute Gasteiger partial charge is 0.163 e. The highest BCUT2D eigenvalue weighted by atomic mass is 16.8. The lowest BCUT2D eigenvalue weighted by Gasteiger charge is -2.25. The molecule has 0 spiro atoms. The summed E-state index contributed by atoms with van der Waals surface area (Å²) in [6.45, 7) is 7.69. The van der Waals surface area contributed by atoms with Crippen LogP contribution in [0.5, 0.6) is 0 Å². The fraction of sp³-hybridized carbons (Fsp3) is 0.647. The SMILES string of the molecule is Cc1ncnc2c1ccn2[C@@H]1C[C@H]([C@@H](C)O)[C@H]2OC(C)(C)O[C@H]21. The van der Waals surface area contributed by atoms with E-state index in [0.717, 1.165) is 23.1 Å². The topological polar surface area (TPSA) is 69.4 Å². The summed E-state index contributed by atoms with van der Waals surface area (Å²) in [5.41, 5.74) is 1.89. The van der Waals surface area contributed by atoms with Gasteiger partial charge in [0.2, 0.25) is 0 Å². The number of hydrogen-bond donors (Lipinski definition) is 1. The Hall–Kier alpha value is -1.50. The van der Waals surface area contributed by atoms with Gasteiger partial charge < -0.3 is 19.1 Å². The lowest BCUT2D eigenvalue weighted by molar-refractivity contribution is -0.164. The monoisotopic (exact) mass is 317 g/mol. The molecule has 23 heavy (non-hydrogen) atoms. The molecule has 2 aromatic heterocycles. The Morgan fingerprint density at radius 1 is 1.30 bits per heavy atom. The van der Waals surface area contributed by atoms with E-state index in [1.165, 1.54) is 0 Å². The van der Waals surface area contributed by atoms with Crippen molar-refractivity contribution in [3.63, 3.8) is 0 Å². The zero-order valence-corrected chi connectivity index (χ0v) is 13.9. The van der Waals surface area contributed by atoms with Crippen molar-refractivity contribution in [3.8, 4) is 0 Å². The molecule has 2 aromatic rings. The number of hydrogen-bond acceptors (Lipinski definition) is 5. The summed E-state index contributed by atoms with van der Waals surface area (Å²) < 4.78 is 14.4. The molecule has 1 aliphatic heterocycles. The fourth-order valence-corrected chi connectivity index (χ4v) is 4.10. The summed E-state index contributed by atoms with van der Waals surface area (Å²) >= 11 is 0. The molecule has 6 nitrogen and oxygen atoms in total. The molecular formula is C17H23N3O3. The van der Waals surface area contributed by atoms with Crippen molar-refractivity contribution in [1.29, 1.82) is 0 Å². The predicted octanol–water partition coefficient (Wildman–Crippen LogP) is 2.20. The number of rotatable bonds is 2. The van der Waals surface area contributed by atoms with E-state index in [9.17, 15) is 5.11 Å². The van der Waals surface area contributed by atoms with Crippen LogP contribution < -0.4 is 0 Å². The summed E-state index contributed by atoms with van der Waals surface area (Å²) in [4.78, 5) is 8.72. The van der Waals surface area contributed by atoms with Gasteiger partial charge in [-0.25, -0.2) is 9.97 Å². The Morgan fingerprint density at radius 3 is 2.78 bits per heavy atom. The maximum absolute atomic E-state index is 10.2. The number of ether oxygens (including phenoxy) is 2. The second-order valence-electron chi connectivity index (χ2n) is 7.19. The molecule has 0 radical (unpaired) electrons. The van der Waals surface area contributed by atoms with Crippen LogP contribution in [0.25, 0.3) is 11.0 Å². The van der Waals surface area contributed by atoms with Gasteiger partial charge in [0.15, 0.2) is 5.79 Å². The third-order valence-electron chi connectivity index (χ3n) is 5.16. The second kappa shape index (κ2) is 5.00. The molecule has 0 bridgehead atoms. The maximum atomic E-state index is 10.2. The van der Waals surface area contributed by atoms with E-state index >= 15 is 0 Å². The summed E-state index contributed by atoms with van der Waals surface area (Å²) in [7, 11) is 0. The molecule has 0 unspecified atom stereocenters. The average Bonchev–Trinajstić information content (AvgIpc) is 3.09. The zero-order chi connectivity index (χ0) is 16.4. The molecular weight excluding hydrogens is 294 g/mol. The van der Waals surface area contributed by atoms with Gasteiger partial charge in [0, 0.05) is 17.5 Å². The Balaban J connectivity index is 1.77. The van der Waals surface area contributed by atoms with Crippen LogP contribution in [0.2, 0.25) is 0 Å². The van der Waals surface area contributed by atoms with Crippen LogP contribution in [0, 0.1) is 12.8 Å². The summed E-state index contributed by atoms with van der Waals surface area (Å²) in [6, 6.07) is 2.16. The summed E-state index contributed by atoms with van der Waals surface area (Å²) in [6.07, 6.45) is 3.88. The van der Waals surface area contributed by atoms with Crippen molar-refractivity contribution >= 4 is 11.0 Å². The van der Waals surface area contributed by atoms with Crippen LogP contribution in [-0.2, 0) is 9.47 Å². The van der Waals surface area contributed by atoms with E-state index in [1.807, 2.05) is 33.9 Å². The number of aliphatic hydroxyl groups is 1. The fourth-order valence-electron chi connectivity index (χ4n) is 4.10. The molecule has 1 N–H and O–H groups in total. The molecule has 0 amide bonds. The molecule has 2 aliphatic rings. The van der Waals surface area contributed by atoms with E-state index < -0.39 is 11.9 Å². The molecule has 3 heterocycles. The van der Waals surface area contributed by atoms with Gasteiger partial charge in [0.25, 0.3) is 0 Å². The Bertz CT molecular complexity index is 740. The lowest BCUT2D eigenvalue weighted by atomic mass is 9.99. The van der Waals surface area contributed by atoms with Gasteiger partial charge in [-0.15, -0.1) is 0 Å². The number of aryl methyl sites for hydroxylation is 1. The molecule has 1 saturated heterocycles. The first-order valence-corrected chi connectivity index (χ1v) is 8.19. The van der Waals surface area contributed by atoms with Gasteiger partial charge in [-0.05, 0) is 40.2 Å². The van der Waals surface area contributed by atoms with Gasteiger partial charge in [-0.1, -0.05) is 0 Å². The third kappa shape index (κ3) is 2.28. The first-order valence-electron chi connectivity index (χ1n) is 8.19. The molecule has 6 heteroatoms. The average molecular weight is 317 g/mol. The molecule has 2 fully saturated rings. The van der Waals surface area contributed by atoms with Crippen molar-refractivity contribution in [2.45, 2.75) is 64.3 Å². The minimum absolute atomic E-state index is 0.0622. The largest absolute Gasteiger partial charge is 0.393 e. The van der Waals surface area contributed by atoms with Gasteiger partial charge in [-0.3, -0.25) is 0 Å². The van der Waals surface area contributed by atoms with E-state index in [1.54, 1.807) is 6.33 Å². The molecule has 0 aromatic carbocycles.